The molecule has 138 valence electrons. The topological polar surface area (TPSA) is 50.2 Å². The van der Waals surface area contributed by atoms with Gasteiger partial charge in [0.05, 0.1) is 12.1 Å². The molecular weight excluding hydrogens is 324 g/mol. The van der Waals surface area contributed by atoms with E-state index in [1.54, 1.807) is 6.20 Å². The molecule has 2 saturated heterocycles. The molecular formula is C21H28N4O. The van der Waals surface area contributed by atoms with Crippen LogP contribution in [0.4, 0.5) is 0 Å². The van der Waals surface area contributed by atoms with Crippen LogP contribution in [0.15, 0.2) is 42.7 Å². The lowest BCUT2D eigenvalue weighted by Crippen LogP contribution is -2.54. The minimum Gasteiger partial charge on any atom is -0.330 e. The molecule has 3 atom stereocenters. The second-order valence-electron chi connectivity index (χ2n) is 7.91. The van der Waals surface area contributed by atoms with Crippen molar-refractivity contribution in [2.45, 2.75) is 56.7 Å². The monoisotopic (exact) mass is 352 g/mol. The summed E-state index contributed by atoms with van der Waals surface area (Å²) < 4.78 is 1.83. The first kappa shape index (κ1) is 17.3. The van der Waals surface area contributed by atoms with Crippen LogP contribution in [0.2, 0.25) is 0 Å². The van der Waals surface area contributed by atoms with Gasteiger partial charge < -0.3 is 14.8 Å². The van der Waals surface area contributed by atoms with Crippen LogP contribution in [0.25, 0.3) is 0 Å². The lowest BCUT2D eigenvalue weighted by Gasteiger charge is -2.38. The Morgan fingerprint density at radius 1 is 1.23 bits per heavy atom. The third-order valence-corrected chi connectivity index (χ3v) is 6.14. The number of rotatable bonds is 2. The first-order chi connectivity index (χ1) is 12.6. The Labute approximate surface area is 155 Å². The number of amides is 1. The standard InChI is InChI=1S/C21H28N4O/c1-21-15-17(16-9-5-3-6-10-16)25(18(21)11-7-4-8-12-23-21)20(26)19-22-13-14-24(19)2/h3,5-6,9-10,13-14,17-18,23H,4,7-8,11-12,15H2,1-2H3/t17-,18-,21-/m0/s1. The molecule has 2 fully saturated rings. The van der Waals surface area contributed by atoms with Crippen molar-refractivity contribution >= 4 is 5.91 Å². The number of nitrogens with zero attached hydrogens (tertiary/aromatic N) is 3. The van der Waals surface area contributed by atoms with E-state index in [4.69, 9.17) is 0 Å². The van der Waals surface area contributed by atoms with Crippen molar-refractivity contribution in [3.05, 3.63) is 54.1 Å². The van der Waals surface area contributed by atoms with Gasteiger partial charge in [-0.05, 0) is 38.3 Å². The molecule has 0 aliphatic carbocycles. The fraction of sp³-hybridized carbons (Fsp3) is 0.524. The third-order valence-electron chi connectivity index (χ3n) is 6.14. The summed E-state index contributed by atoms with van der Waals surface area (Å²) in [5.41, 5.74) is 1.16. The maximum atomic E-state index is 13.5. The highest BCUT2D eigenvalue weighted by atomic mass is 16.2. The highest BCUT2D eigenvalue weighted by molar-refractivity contribution is 5.92. The van der Waals surface area contributed by atoms with Crippen molar-refractivity contribution in [3.8, 4) is 0 Å². The summed E-state index contributed by atoms with van der Waals surface area (Å²) in [6.45, 7) is 3.32. The van der Waals surface area contributed by atoms with E-state index in [0.717, 1.165) is 19.4 Å². The van der Waals surface area contributed by atoms with E-state index in [1.165, 1.54) is 24.8 Å². The number of carbonyl (C=O) groups is 1. The fourth-order valence-corrected chi connectivity index (χ4v) is 4.75. The number of hydrogen-bond donors (Lipinski definition) is 1. The second kappa shape index (κ2) is 6.88. The summed E-state index contributed by atoms with van der Waals surface area (Å²) in [4.78, 5) is 20.0. The quantitative estimate of drug-likeness (QED) is 0.902. The van der Waals surface area contributed by atoms with Crippen LogP contribution >= 0.6 is 0 Å². The maximum Gasteiger partial charge on any atom is 0.290 e. The number of imidazole rings is 1. The van der Waals surface area contributed by atoms with Crippen LogP contribution in [-0.2, 0) is 7.05 Å². The fourth-order valence-electron chi connectivity index (χ4n) is 4.75. The third kappa shape index (κ3) is 2.94. The molecule has 3 heterocycles. The Hall–Kier alpha value is -2.14. The molecule has 2 aliphatic heterocycles. The summed E-state index contributed by atoms with van der Waals surface area (Å²) in [5.74, 6) is 0.569. The zero-order valence-corrected chi connectivity index (χ0v) is 15.7. The summed E-state index contributed by atoms with van der Waals surface area (Å²) in [5, 5.41) is 3.78. The van der Waals surface area contributed by atoms with Gasteiger partial charge in [-0.25, -0.2) is 4.98 Å². The number of aromatic nitrogens is 2. The number of nitrogens with one attached hydrogen (secondary N) is 1. The predicted octanol–water partition coefficient (Wildman–Crippen LogP) is 3.30. The molecule has 1 aromatic heterocycles. The molecule has 4 rings (SSSR count). The summed E-state index contributed by atoms with van der Waals surface area (Å²) >= 11 is 0. The Kier molecular flexibility index (Phi) is 4.57. The highest BCUT2D eigenvalue weighted by Crippen LogP contribution is 2.45. The summed E-state index contributed by atoms with van der Waals surface area (Å²) in [6.07, 6.45) is 9.15. The number of likely N-dealkylation sites (tertiary alicyclic amines) is 1. The Morgan fingerprint density at radius 2 is 2.04 bits per heavy atom. The zero-order chi connectivity index (χ0) is 18.1. The second-order valence-corrected chi connectivity index (χ2v) is 7.91. The predicted molar refractivity (Wildman–Crippen MR) is 102 cm³/mol. The van der Waals surface area contributed by atoms with Gasteiger partial charge in [-0.2, -0.15) is 0 Å². The van der Waals surface area contributed by atoms with Crippen molar-refractivity contribution in [3.63, 3.8) is 0 Å². The van der Waals surface area contributed by atoms with E-state index >= 15 is 0 Å². The molecule has 5 nitrogen and oxygen atoms in total. The number of fused-ring (bicyclic) bond motifs is 1. The molecule has 5 heteroatoms. The SMILES string of the molecule is Cn1ccnc1C(=O)N1[C@H]2CCCCCN[C@@]2(C)C[C@H]1c1ccccc1. The van der Waals surface area contributed by atoms with Gasteiger partial charge in [-0.1, -0.05) is 43.2 Å². The van der Waals surface area contributed by atoms with Crippen molar-refractivity contribution in [2.24, 2.45) is 7.05 Å². The number of carbonyl (C=O) groups excluding carboxylic acids is 1. The first-order valence-corrected chi connectivity index (χ1v) is 9.70. The molecule has 0 saturated carbocycles. The average Bonchev–Trinajstić information content (AvgIpc) is 3.18. The molecule has 1 amide bonds. The van der Waals surface area contributed by atoms with Gasteiger partial charge in [0.2, 0.25) is 0 Å². The maximum absolute atomic E-state index is 13.5. The van der Waals surface area contributed by atoms with Crippen molar-refractivity contribution in [1.82, 2.24) is 19.8 Å². The van der Waals surface area contributed by atoms with E-state index in [9.17, 15) is 4.79 Å². The van der Waals surface area contributed by atoms with E-state index in [1.807, 2.05) is 23.9 Å². The number of benzene rings is 1. The Balaban J connectivity index is 1.76. The van der Waals surface area contributed by atoms with Gasteiger partial charge in [-0.3, -0.25) is 4.79 Å². The zero-order valence-electron chi connectivity index (χ0n) is 15.7. The van der Waals surface area contributed by atoms with E-state index in [2.05, 4.69) is 46.4 Å². The van der Waals surface area contributed by atoms with E-state index in [-0.39, 0.29) is 23.5 Å². The molecule has 0 bridgehead atoms. The van der Waals surface area contributed by atoms with Gasteiger partial charge in [0.15, 0.2) is 5.82 Å². The molecule has 2 aromatic rings. The van der Waals surface area contributed by atoms with Crippen LogP contribution in [0.5, 0.6) is 0 Å². The van der Waals surface area contributed by atoms with Crippen LogP contribution in [0.1, 0.15) is 61.3 Å². The minimum absolute atomic E-state index is 0.0439. The van der Waals surface area contributed by atoms with Gasteiger partial charge >= 0.3 is 0 Å². The molecule has 2 aliphatic rings. The van der Waals surface area contributed by atoms with Crippen LogP contribution in [0.3, 0.4) is 0 Å². The Bertz CT molecular complexity index is 771. The van der Waals surface area contributed by atoms with E-state index < -0.39 is 0 Å². The van der Waals surface area contributed by atoms with Gasteiger partial charge in [0.25, 0.3) is 5.91 Å². The number of hydrogen-bond acceptors (Lipinski definition) is 3. The summed E-state index contributed by atoms with van der Waals surface area (Å²) in [7, 11) is 1.89. The van der Waals surface area contributed by atoms with Gasteiger partial charge in [-0.15, -0.1) is 0 Å². The van der Waals surface area contributed by atoms with Crippen molar-refractivity contribution < 1.29 is 4.79 Å². The smallest absolute Gasteiger partial charge is 0.290 e. The molecule has 1 aromatic carbocycles. The lowest BCUT2D eigenvalue weighted by atomic mass is 9.85. The van der Waals surface area contributed by atoms with Gasteiger partial charge in [0.1, 0.15) is 0 Å². The molecule has 26 heavy (non-hydrogen) atoms. The normalized spacial score (nSPS) is 29.1. The number of aryl methyl sites for hydroxylation is 1. The van der Waals surface area contributed by atoms with Crippen LogP contribution < -0.4 is 5.32 Å². The molecule has 1 N–H and O–H groups in total. The molecule has 0 radical (unpaired) electrons. The van der Waals surface area contributed by atoms with Crippen LogP contribution in [-0.4, -0.2) is 38.5 Å². The van der Waals surface area contributed by atoms with E-state index in [0.29, 0.717) is 5.82 Å². The van der Waals surface area contributed by atoms with Crippen molar-refractivity contribution in [2.75, 3.05) is 6.54 Å². The van der Waals surface area contributed by atoms with Gasteiger partial charge in [0, 0.05) is 25.0 Å². The lowest BCUT2D eigenvalue weighted by molar-refractivity contribution is 0.0596. The first-order valence-electron chi connectivity index (χ1n) is 9.70. The molecule has 0 spiro atoms. The van der Waals surface area contributed by atoms with Crippen LogP contribution in [0, 0.1) is 0 Å². The summed E-state index contributed by atoms with van der Waals surface area (Å²) in [6, 6.07) is 10.7. The largest absolute Gasteiger partial charge is 0.330 e. The van der Waals surface area contributed by atoms with Crippen molar-refractivity contribution in [1.29, 1.82) is 0 Å². The average molecular weight is 352 g/mol. The minimum atomic E-state index is -0.0538. The highest BCUT2D eigenvalue weighted by Gasteiger charge is 2.51. The Morgan fingerprint density at radius 3 is 2.77 bits per heavy atom. The molecule has 0 unspecified atom stereocenters.